The molecule has 2 rings (SSSR count). The van der Waals surface area contributed by atoms with Crippen LogP contribution in [0.2, 0.25) is 0 Å². The van der Waals surface area contributed by atoms with Crippen LogP contribution in [0, 0.1) is 18.3 Å². The van der Waals surface area contributed by atoms with E-state index in [1.807, 2.05) is 43.3 Å². The highest BCUT2D eigenvalue weighted by Gasteiger charge is 2.03. The molecule has 3 heteroatoms. The Morgan fingerprint density at radius 1 is 1.27 bits per heavy atom. The van der Waals surface area contributed by atoms with Crippen molar-refractivity contribution in [3.8, 4) is 6.07 Å². The standard InChI is InChI=1S/C12H11N3/c1-9-12(7-11(8-13)14-9)15-10-5-3-2-4-6-10/h2-7,14-15H,1H3. The summed E-state index contributed by atoms with van der Waals surface area (Å²) in [6.45, 7) is 1.94. The minimum absolute atomic E-state index is 0.575. The van der Waals surface area contributed by atoms with Gasteiger partial charge in [-0.05, 0) is 25.1 Å². The molecule has 0 saturated heterocycles. The summed E-state index contributed by atoms with van der Waals surface area (Å²) in [6, 6.07) is 13.8. The molecule has 15 heavy (non-hydrogen) atoms. The number of para-hydroxylation sites is 1. The van der Waals surface area contributed by atoms with Crippen LogP contribution < -0.4 is 5.32 Å². The third-order valence-electron chi connectivity index (χ3n) is 2.19. The zero-order valence-electron chi connectivity index (χ0n) is 8.41. The summed E-state index contributed by atoms with van der Waals surface area (Å²) in [5, 5.41) is 12.0. The summed E-state index contributed by atoms with van der Waals surface area (Å²) in [5.74, 6) is 0. The number of aromatic nitrogens is 1. The average molecular weight is 197 g/mol. The topological polar surface area (TPSA) is 51.6 Å². The Labute approximate surface area is 88.4 Å². The van der Waals surface area contributed by atoms with Crippen molar-refractivity contribution < 1.29 is 0 Å². The molecule has 2 aromatic rings. The van der Waals surface area contributed by atoms with E-state index >= 15 is 0 Å². The number of nitriles is 1. The number of nitrogens with one attached hydrogen (secondary N) is 2. The third-order valence-corrected chi connectivity index (χ3v) is 2.19. The van der Waals surface area contributed by atoms with Crippen LogP contribution in [0.4, 0.5) is 11.4 Å². The molecule has 3 nitrogen and oxygen atoms in total. The van der Waals surface area contributed by atoms with Gasteiger partial charge in [-0.15, -0.1) is 0 Å². The van der Waals surface area contributed by atoms with Gasteiger partial charge in [-0.2, -0.15) is 5.26 Å². The number of aryl methyl sites for hydroxylation is 1. The van der Waals surface area contributed by atoms with E-state index < -0.39 is 0 Å². The lowest BCUT2D eigenvalue weighted by atomic mass is 10.3. The van der Waals surface area contributed by atoms with E-state index in [4.69, 9.17) is 5.26 Å². The van der Waals surface area contributed by atoms with Gasteiger partial charge in [0.2, 0.25) is 0 Å². The van der Waals surface area contributed by atoms with E-state index in [1.54, 1.807) is 0 Å². The second-order valence-corrected chi connectivity index (χ2v) is 3.32. The Kier molecular flexibility index (Phi) is 2.42. The van der Waals surface area contributed by atoms with Crippen molar-refractivity contribution in [1.82, 2.24) is 4.98 Å². The van der Waals surface area contributed by atoms with Gasteiger partial charge >= 0.3 is 0 Å². The lowest BCUT2D eigenvalue weighted by molar-refractivity contribution is 1.23. The minimum Gasteiger partial charge on any atom is -0.354 e. The molecule has 1 heterocycles. The molecule has 1 aromatic heterocycles. The van der Waals surface area contributed by atoms with Crippen LogP contribution in [0.15, 0.2) is 36.4 Å². The molecule has 0 radical (unpaired) electrons. The fourth-order valence-electron chi connectivity index (χ4n) is 1.43. The van der Waals surface area contributed by atoms with Gasteiger partial charge in [0.15, 0.2) is 0 Å². The summed E-state index contributed by atoms with van der Waals surface area (Å²) in [6.07, 6.45) is 0. The molecule has 0 fully saturated rings. The fraction of sp³-hybridized carbons (Fsp3) is 0.0833. The molecule has 0 saturated carbocycles. The molecule has 0 aliphatic rings. The smallest absolute Gasteiger partial charge is 0.119 e. The van der Waals surface area contributed by atoms with Crippen molar-refractivity contribution in [1.29, 1.82) is 5.26 Å². The van der Waals surface area contributed by atoms with Gasteiger partial charge < -0.3 is 10.3 Å². The maximum Gasteiger partial charge on any atom is 0.119 e. The number of anilines is 2. The first-order valence-corrected chi connectivity index (χ1v) is 4.71. The molecule has 0 bridgehead atoms. The van der Waals surface area contributed by atoms with Crippen molar-refractivity contribution in [3.63, 3.8) is 0 Å². The number of aromatic amines is 1. The number of benzene rings is 1. The van der Waals surface area contributed by atoms with E-state index in [1.165, 1.54) is 0 Å². The number of nitrogens with zero attached hydrogens (tertiary/aromatic N) is 1. The van der Waals surface area contributed by atoms with Crippen LogP contribution in [0.25, 0.3) is 0 Å². The molecule has 0 atom stereocenters. The maximum atomic E-state index is 8.73. The Hall–Kier alpha value is -2.21. The molecule has 1 aromatic carbocycles. The van der Waals surface area contributed by atoms with Gasteiger partial charge in [0, 0.05) is 11.4 Å². The highest BCUT2D eigenvalue weighted by Crippen LogP contribution is 2.20. The van der Waals surface area contributed by atoms with Crippen LogP contribution in [-0.4, -0.2) is 4.98 Å². The summed E-state index contributed by atoms with van der Waals surface area (Å²) in [7, 11) is 0. The highest BCUT2D eigenvalue weighted by atomic mass is 14.9. The third kappa shape index (κ3) is 2.00. The van der Waals surface area contributed by atoms with Crippen LogP contribution >= 0.6 is 0 Å². The van der Waals surface area contributed by atoms with Crippen molar-refractivity contribution in [3.05, 3.63) is 47.8 Å². The largest absolute Gasteiger partial charge is 0.354 e. The van der Waals surface area contributed by atoms with Gasteiger partial charge in [0.05, 0.1) is 5.69 Å². The van der Waals surface area contributed by atoms with E-state index in [-0.39, 0.29) is 0 Å². The lowest BCUT2D eigenvalue weighted by Crippen LogP contribution is -1.89. The SMILES string of the molecule is Cc1[nH]c(C#N)cc1Nc1ccccc1. The first kappa shape index (κ1) is 9.35. The summed E-state index contributed by atoms with van der Waals surface area (Å²) in [5.41, 5.74) is 3.50. The molecule has 0 unspecified atom stereocenters. The normalized spacial score (nSPS) is 9.60. The van der Waals surface area contributed by atoms with Gasteiger partial charge in [0.1, 0.15) is 11.8 Å². The zero-order chi connectivity index (χ0) is 10.7. The molecule has 0 aliphatic heterocycles. The highest BCUT2D eigenvalue weighted by molar-refractivity contribution is 5.63. The molecular weight excluding hydrogens is 186 g/mol. The predicted molar refractivity (Wildman–Crippen MR) is 60.0 cm³/mol. The van der Waals surface area contributed by atoms with Gasteiger partial charge in [-0.25, -0.2) is 0 Å². The Balaban J connectivity index is 2.25. The zero-order valence-corrected chi connectivity index (χ0v) is 8.41. The second-order valence-electron chi connectivity index (χ2n) is 3.32. The molecule has 0 aliphatic carbocycles. The average Bonchev–Trinajstić information content (AvgIpc) is 2.61. The quantitative estimate of drug-likeness (QED) is 0.777. The van der Waals surface area contributed by atoms with Crippen molar-refractivity contribution in [2.75, 3.05) is 5.32 Å². The first-order valence-electron chi connectivity index (χ1n) is 4.71. The number of H-pyrrole nitrogens is 1. The van der Waals surface area contributed by atoms with E-state index in [0.717, 1.165) is 17.1 Å². The van der Waals surface area contributed by atoms with Gasteiger partial charge in [0.25, 0.3) is 0 Å². The number of hydrogen-bond acceptors (Lipinski definition) is 2. The molecular formula is C12H11N3. The van der Waals surface area contributed by atoms with Crippen molar-refractivity contribution in [2.45, 2.75) is 6.92 Å². The fourth-order valence-corrected chi connectivity index (χ4v) is 1.43. The van der Waals surface area contributed by atoms with E-state index in [2.05, 4.69) is 16.4 Å². The first-order chi connectivity index (χ1) is 7.29. The number of hydrogen-bond donors (Lipinski definition) is 2. The van der Waals surface area contributed by atoms with Crippen LogP contribution in [-0.2, 0) is 0 Å². The minimum atomic E-state index is 0.575. The predicted octanol–water partition coefficient (Wildman–Crippen LogP) is 2.94. The summed E-state index contributed by atoms with van der Waals surface area (Å²) < 4.78 is 0. The molecule has 0 spiro atoms. The molecule has 74 valence electrons. The van der Waals surface area contributed by atoms with Crippen LogP contribution in [0.5, 0.6) is 0 Å². The van der Waals surface area contributed by atoms with Crippen molar-refractivity contribution in [2.24, 2.45) is 0 Å². The second kappa shape index (κ2) is 3.89. The van der Waals surface area contributed by atoms with E-state index in [9.17, 15) is 0 Å². The number of rotatable bonds is 2. The van der Waals surface area contributed by atoms with Crippen molar-refractivity contribution >= 4 is 11.4 Å². The van der Waals surface area contributed by atoms with Gasteiger partial charge in [-0.1, -0.05) is 18.2 Å². The Morgan fingerprint density at radius 3 is 2.60 bits per heavy atom. The monoisotopic (exact) mass is 197 g/mol. The lowest BCUT2D eigenvalue weighted by Gasteiger charge is -2.04. The Morgan fingerprint density at radius 2 is 2.00 bits per heavy atom. The van der Waals surface area contributed by atoms with Crippen LogP contribution in [0.3, 0.4) is 0 Å². The van der Waals surface area contributed by atoms with Gasteiger partial charge in [-0.3, -0.25) is 0 Å². The maximum absolute atomic E-state index is 8.73. The molecule has 0 amide bonds. The Bertz CT molecular complexity index is 491. The summed E-state index contributed by atoms with van der Waals surface area (Å²) >= 11 is 0. The summed E-state index contributed by atoms with van der Waals surface area (Å²) in [4.78, 5) is 2.99. The van der Waals surface area contributed by atoms with Crippen LogP contribution in [0.1, 0.15) is 11.4 Å². The van der Waals surface area contributed by atoms with E-state index in [0.29, 0.717) is 5.69 Å². The molecule has 2 N–H and O–H groups in total.